The van der Waals surface area contributed by atoms with Crippen molar-refractivity contribution in [3.63, 3.8) is 0 Å². The molecule has 1 aromatic rings. The molecular weight excluding hydrogens is 218 g/mol. The summed E-state index contributed by atoms with van der Waals surface area (Å²) in [5, 5.41) is 0. The van der Waals surface area contributed by atoms with Gasteiger partial charge in [-0.1, -0.05) is 18.2 Å². The van der Waals surface area contributed by atoms with E-state index >= 15 is 0 Å². The average Bonchev–Trinajstić information content (AvgIpc) is 2.37. The number of hydrogen-bond acceptors (Lipinski definition) is 4. The highest BCUT2D eigenvalue weighted by Crippen LogP contribution is 2.25. The number of nitrogens with two attached hydrogens (primary N) is 1. The highest BCUT2D eigenvalue weighted by atomic mass is 16.5. The van der Waals surface area contributed by atoms with Crippen molar-refractivity contribution in [2.45, 2.75) is 12.5 Å². The Morgan fingerprint density at radius 3 is 2.47 bits per heavy atom. The molecule has 0 aliphatic rings. The summed E-state index contributed by atoms with van der Waals surface area (Å²) in [4.78, 5) is 0. The third-order valence-corrected chi connectivity index (χ3v) is 2.50. The standard InChI is InChI=1S/C13H21NO3/c1-15-8-7-12(14)11-5-3-4-6-13(11)17-10-9-16-2/h3-6,12H,7-10,14H2,1-2H3. The molecule has 17 heavy (non-hydrogen) atoms. The lowest BCUT2D eigenvalue weighted by Gasteiger charge is -2.16. The molecule has 0 radical (unpaired) electrons. The lowest BCUT2D eigenvalue weighted by molar-refractivity contribution is 0.145. The minimum atomic E-state index is -0.0614. The predicted molar refractivity (Wildman–Crippen MR) is 67.2 cm³/mol. The largest absolute Gasteiger partial charge is 0.491 e. The van der Waals surface area contributed by atoms with Crippen molar-refractivity contribution in [3.05, 3.63) is 29.8 Å². The molecule has 0 saturated carbocycles. The van der Waals surface area contributed by atoms with Gasteiger partial charge in [0.15, 0.2) is 0 Å². The summed E-state index contributed by atoms with van der Waals surface area (Å²) in [7, 11) is 3.33. The number of ether oxygens (including phenoxy) is 3. The van der Waals surface area contributed by atoms with Crippen molar-refractivity contribution >= 4 is 0 Å². The summed E-state index contributed by atoms with van der Waals surface area (Å²) in [5.41, 5.74) is 7.11. The van der Waals surface area contributed by atoms with Gasteiger partial charge in [0.1, 0.15) is 12.4 Å². The Bertz CT molecular complexity index is 317. The molecule has 4 heteroatoms. The first-order valence-corrected chi connectivity index (χ1v) is 5.74. The van der Waals surface area contributed by atoms with Crippen LogP contribution in [-0.2, 0) is 9.47 Å². The molecule has 0 aliphatic carbocycles. The third-order valence-electron chi connectivity index (χ3n) is 2.50. The highest BCUT2D eigenvalue weighted by Gasteiger charge is 2.11. The van der Waals surface area contributed by atoms with Gasteiger partial charge < -0.3 is 19.9 Å². The highest BCUT2D eigenvalue weighted by molar-refractivity contribution is 5.35. The van der Waals surface area contributed by atoms with Gasteiger partial charge in [0.2, 0.25) is 0 Å². The zero-order valence-corrected chi connectivity index (χ0v) is 10.5. The minimum Gasteiger partial charge on any atom is -0.491 e. The van der Waals surface area contributed by atoms with Crippen LogP contribution in [0.4, 0.5) is 0 Å². The number of para-hydroxylation sites is 1. The Hall–Kier alpha value is -1.10. The van der Waals surface area contributed by atoms with Crippen molar-refractivity contribution in [1.82, 2.24) is 0 Å². The van der Waals surface area contributed by atoms with E-state index in [0.29, 0.717) is 19.8 Å². The quantitative estimate of drug-likeness (QED) is 0.702. The van der Waals surface area contributed by atoms with Crippen LogP contribution in [0.15, 0.2) is 24.3 Å². The molecule has 0 amide bonds. The second-order valence-corrected chi connectivity index (χ2v) is 3.77. The van der Waals surface area contributed by atoms with Crippen LogP contribution in [-0.4, -0.2) is 34.0 Å². The average molecular weight is 239 g/mol. The summed E-state index contributed by atoms with van der Waals surface area (Å²) in [5.74, 6) is 0.827. The van der Waals surface area contributed by atoms with Crippen LogP contribution in [0.25, 0.3) is 0 Å². The molecular formula is C13H21NO3. The van der Waals surface area contributed by atoms with Gasteiger partial charge in [-0.05, 0) is 12.5 Å². The van der Waals surface area contributed by atoms with Crippen molar-refractivity contribution in [3.8, 4) is 5.75 Å². The maximum atomic E-state index is 6.09. The van der Waals surface area contributed by atoms with Crippen LogP contribution < -0.4 is 10.5 Å². The molecule has 96 valence electrons. The fourth-order valence-corrected chi connectivity index (χ4v) is 1.55. The second kappa shape index (κ2) is 8.06. The summed E-state index contributed by atoms with van der Waals surface area (Å²) >= 11 is 0. The van der Waals surface area contributed by atoms with E-state index in [-0.39, 0.29) is 6.04 Å². The normalized spacial score (nSPS) is 12.4. The monoisotopic (exact) mass is 239 g/mol. The molecule has 1 unspecified atom stereocenters. The Morgan fingerprint density at radius 1 is 1.06 bits per heavy atom. The van der Waals surface area contributed by atoms with Crippen LogP contribution in [0.1, 0.15) is 18.0 Å². The molecule has 0 aliphatic heterocycles. The van der Waals surface area contributed by atoms with E-state index in [9.17, 15) is 0 Å². The predicted octanol–water partition coefficient (Wildman–Crippen LogP) is 1.75. The smallest absolute Gasteiger partial charge is 0.124 e. The number of methoxy groups -OCH3 is 2. The van der Waals surface area contributed by atoms with E-state index < -0.39 is 0 Å². The van der Waals surface area contributed by atoms with Gasteiger partial charge >= 0.3 is 0 Å². The van der Waals surface area contributed by atoms with Gasteiger partial charge in [-0.25, -0.2) is 0 Å². The maximum absolute atomic E-state index is 6.09. The molecule has 4 nitrogen and oxygen atoms in total. The number of rotatable bonds is 8. The third kappa shape index (κ3) is 4.73. The van der Waals surface area contributed by atoms with Gasteiger partial charge in [0.05, 0.1) is 6.61 Å². The zero-order valence-electron chi connectivity index (χ0n) is 10.5. The SMILES string of the molecule is COCCOc1ccccc1C(N)CCOC. The van der Waals surface area contributed by atoms with E-state index in [0.717, 1.165) is 17.7 Å². The van der Waals surface area contributed by atoms with Gasteiger partial charge in [-0.15, -0.1) is 0 Å². The van der Waals surface area contributed by atoms with Gasteiger partial charge in [-0.3, -0.25) is 0 Å². The molecule has 0 spiro atoms. The summed E-state index contributed by atoms with van der Waals surface area (Å²) in [6.07, 6.45) is 0.779. The van der Waals surface area contributed by atoms with Crippen molar-refractivity contribution in [2.75, 3.05) is 34.0 Å². The van der Waals surface area contributed by atoms with Crippen molar-refractivity contribution in [2.24, 2.45) is 5.73 Å². The Morgan fingerprint density at radius 2 is 1.76 bits per heavy atom. The van der Waals surface area contributed by atoms with Crippen LogP contribution >= 0.6 is 0 Å². The van der Waals surface area contributed by atoms with E-state index in [1.54, 1.807) is 14.2 Å². The topological polar surface area (TPSA) is 53.7 Å². The van der Waals surface area contributed by atoms with Crippen molar-refractivity contribution < 1.29 is 14.2 Å². The first-order chi connectivity index (χ1) is 8.29. The van der Waals surface area contributed by atoms with Gasteiger partial charge in [-0.2, -0.15) is 0 Å². The minimum absolute atomic E-state index is 0.0614. The molecule has 2 N–H and O–H groups in total. The van der Waals surface area contributed by atoms with E-state index in [2.05, 4.69) is 0 Å². The maximum Gasteiger partial charge on any atom is 0.124 e. The van der Waals surface area contributed by atoms with Crippen LogP contribution in [0.5, 0.6) is 5.75 Å². The van der Waals surface area contributed by atoms with E-state index in [1.165, 1.54) is 0 Å². The summed E-state index contributed by atoms with van der Waals surface area (Å²) in [6.45, 7) is 1.75. The first kappa shape index (κ1) is 14.0. The summed E-state index contributed by atoms with van der Waals surface area (Å²) < 4.78 is 15.6. The fraction of sp³-hybridized carbons (Fsp3) is 0.538. The van der Waals surface area contributed by atoms with Crippen LogP contribution in [0.2, 0.25) is 0 Å². The molecule has 0 heterocycles. The second-order valence-electron chi connectivity index (χ2n) is 3.77. The van der Waals surface area contributed by atoms with Gasteiger partial charge in [0.25, 0.3) is 0 Å². The summed E-state index contributed by atoms with van der Waals surface area (Å²) in [6, 6.07) is 7.76. The first-order valence-electron chi connectivity index (χ1n) is 5.74. The molecule has 0 aromatic heterocycles. The molecule has 1 atom stereocenters. The number of benzene rings is 1. The number of hydrogen-bond donors (Lipinski definition) is 1. The molecule has 1 rings (SSSR count). The van der Waals surface area contributed by atoms with Gasteiger partial charge in [0, 0.05) is 32.4 Å². The Labute approximate surface area is 103 Å². The molecule has 0 saturated heterocycles. The molecule has 1 aromatic carbocycles. The van der Waals surface area contributed by atoms with Crippen LogP contribution in [0.3, 0.4) is 0 Å². The van der Waals surface area contributed by atoms with Crippen molar-refractivity contribution in [1.29, 1.82) is 0 Å². The van der Waals surface area contributed by atoms with Crippen LogP contribution in [0, 0.1) is 0 Å². The lowest BCUT2D eigenvalue weighted by atomic mass is 10.0. The molecule has 0 bridgehead atoms. The Kier molecular flexibility index (Phi) is 6.62. The zero-order chi connectivity index (χ0) is 12.5. The Balaban J connectivity index is 2.62. The van der Waals surface area contributed by atoms with E-state index in [4.69, 9.17) is 19.9 Å². The fourth-order valence-electron chi connectivity index (χ4n) is 1.55. The van der Waals surface area contributed by atoms with E-state index in [1.807, 2.05) is 24.3 Å². The lowest BCUT2D eigenvalue weighted by Crippen LogP contribution is -2.15. The molecule has 0 fully saturated rings.